The van der Waals surface area contributed by atoms with Crippen LogP contribution in [0.2, 0.25) is 0 Å². The Morgan fingerprint density at radius 1 is 1.04 bits per heavy atom. The van der Waals surface area contributed by atoms with E-state index in [1.807, 2.05) is 33.8 Å². The highest BCUT2D eigenvalue weighted by Gasteiger charge is 2.47. The van der Waals surface area contributed by atoms with Gasteiger partial charge in [-0.25, -0.2) is 13.2 Å². The highest BCUT2D eigenvalue weighted by Crippen LogP contribution is 2.34. The predicted molar refractivity (Wildman–Crippen MR) is 184 cm³/mol. The zero-order chi connectivity index (χ0) is 37.4. The monoisotopic (exact) mass is 733 g/mol. The summed E-state index contributed by atoms with van der Waals surface area (Å²) >= 11 is 0. The van der Waals surface area contributed by atoms with Crippen molar-refractivity contribution in [3.63, 3.8) is 0 Å². The van der Waals surface area contributed by atoms with E-state index in [-0.39, 0.29) is 55.4 Å². The molecule has 0 atom stereocenters. The Balaban J connectivity index is 1.22. The lowest BCUT2D eigenvalue weighted by atomic mass is 9.89. The summed E-state index contributed by atoms with van der Waals surface area (Å²) in [5.74, 6) is -0.951. The molecule has 16 heteroatoms. The Hall–Kier alpha value is -4.44. The third-order valence-electron chi connectivity index (χ3n) is 9.00. The molecular formula is C35H42F3N5O7S. The number of ether oxygens (including phenoxy) is 2. The molecule has 3 aliphatic heterocycles. The second kappa shape index (κ2) is 14.3. The second-order valence-corrected chi connectivity index (χ2v) is 15.7. The van der Waals surface area contributed by atoms with E-state index >= 15 is 0 Å². The maximum absolute atomic E-state index is 13.3. The molecule has 2 aromatic carbocycles. The molecule has 3 heterocycles. The number of amidine groups is 1. The molecule has 276 valence electrons. The van der Waals surface area contributed by atoms with Crippen molar-refractivity contribution in [1.29, 1.82) is 0 Å². The first-order valence-corrected chi connectivity index (χ1v) is 18.1. The van der Waals surface area contributed by atoms with Gasteiger partial charge in [0.1, 0.15) is 22.7 Å². The van der Waals surface area contributed by atoms with E-state index in [0.717, 1.165) is 23.1 Å². The number of hydrogen-bond acceptors (Lipinski definition) is 8. The Kier molecular flexibility index (Phi) is 10.6. The van der Waals surface area contributed by atoms with Crippen LogP contribution < -0.4 is 15.0 Å². The van der Waals surface area contributed by atoms with Crippen molar-refractivity contribution in [1.82, 2.24) is 14.5 Å². The van der Waals surface area contributed by atoms with Gasteiger partial charge in [0.2, 0.25) is 15.9 Å². The first kappa shape index (κ1) is 37.8. The molecule has 0 aliphatic carbocycles. The van der Waals surface area contributed by atoms with Crippen LogP contribution in [0.25, 0.3) is 6.08 Å². The molecule has 1 N–H and O–H groups in total. The molecule has 5 rings (SSSR count). The fourth-order valence-electron chi connectivity index (χ4n) is 6.47. The number of halogens is 3. The summed E-state index contributed by atoms with van der Waals surface area (Å²) in [5.41, 5.74) is 0.453. The largest absolute Gasteiger partial charge is 0.573 e. The summed E-state index contributed by atoms with van der Waals surface area (Å²) in [7, 11) is -3.89. The van der Waals surface area contributed by atoms with Gasteiger partial charge in [0.25, 0.3) is 5.91 Å². The van der Waals surface area contributed by atoms with Gasteiger partial charge in [0, 0.05) is 55.8 Å². The Bertz CT molecular complexity index is 1840. The predicted octanol–water partition coefficient (Wildman–Crippen LogP) is 5.36. The van der Waals surface area contributed by atoms with E-state index in [1.54, 1.807) is 21.9 Å². The molecule has 3 amide bonds. The molecule has 0 saturated carbocycles. The first-order chi connectivity index (χ1) is 23.8. The standard InChI is InChI=1S/C35H42F3N5O7S/c1-23-21-28(43(24(2)44)27-11-16-41(17-12-27)32(46)50-33(3,4)5)10-9-25(23)13-20-51(47,48)42-18-14-34(15-19-42)31(45)39-30(40-34)26-7-6-8-29(22-26)49-35(36,37)38/h6-10,13,20-22,27H,11-12,14-19H2,1-5H3,(H,39,40,45)/b20-13+. The van der Waals surface area contributed by atoms with Gasteiger partial charge < -0.3 is 24.6 Å². The van der Waals surface area contributed by atoms with Gasteiger partial charge in [-0.15, -0.1) is 13.2 Å². The highest BCUT2D eigenvalue weighted by molar-refractivity contribution is 7.92. The van der Waals surface area contributed by atoms with Gasteiger partial charge in [0.05, 0.1) is 0 Å². The van der Waals surface area contributed by atoms with Crippen molar-refractivity contribution in [3.05, 3.63) is 64.6 Å². The molecule has 0 aromatic heterocycles. The van der Waals surface area contributed by atoms with Gasteiger partial charge in [-0.3, -0.25) is 14.6 Å². The summed E-state index contributed by atoms with van der Waals surface area (Å²) in [4.78, 5) is 46.2. The molecule has 2 fully saturated rings. The minimum Gasteiger partial charge on any atom is -0.444 e. The summed E-state index contributed by atoms with van der Waals surface area (Å²) in [5, 5.41) is 3.74. The van der Waals surface area contributed by atoms with Gasteiger partial charge in [-0.2, -0.15) is 4.31 Å². The van der Waals surface area contributed by atoms with Crippen molar-refractivity contribution in [2.45, 2.75) is 83.8 Å². The molecule has 51 heavy (non-hydrogen) atoms. The Morgan fingerprint density at radius 2 is 1.71 bits per heavy atom. The molecule has 2 saturated heterocycles. The molecule has 0 unspecified atom stereocenters. The molecular weight excluding hydrogens is 691 g/mol. The van der Waals surface area contributed by atoms with Crippen LogP contribution >= 0.6 is 0 Å². The van der Waals surface area contributed by atoms with Crippen LogP contribution in [0, 0.1) is 6.92 Å². The van der Waals surface area contributed by atoms with Gasteiger partial charge in [0.15, 0.2) is 0 Å². The van der Waals surface area contributed by atoms with Crippen molar-refractivity contribution in [2.75, 3.05) is 31.1 Å². The van der Waals surface area contributed by atoms with E-state index in [1.165, 1.54) is 29.4 Å². The number of hydrogen-bond donors (Lipinski definition) is 1. The lowest BCUT2D eigenvalue weighted by Crippen LogP contribution is -2.50. The van der Waals surface area contributed by atoms with Crippen molar-refractivity contribution in [3.8, 4) is 5.75 Å². The molecule has 0 radical (unpaired) electrons. The third kappa shape index (κ3) is 9.08. The van der Waals surface area contributed by atoms with Crippen LogP contribution in [0.1, 0.15) is 70.1 Å². The first-order valence-electron chi connectivity index (χ1n) is 16.6. The number of alkyl halides is 3. The summed E-state index contributed by atoms with van der Waals surface area (Å²) < 4.78 is 75.4. The quantitative estimate of drug-likeness (QED) is 0.405. The minimum absolute atomic E-state index is 0.00628. The smallest absolute Gasteiger partial charge is 0.444 e. The summed E-state index contributed by atoms with van der Waals surface area (Å²) in [6.45, 7) is 9.66. The van der Waals surface area contributed by atoms with Crippen LogP contribution in [0.15, 0.2) is 52.9 Å². The van der Waals surface area contributed by atoms with Gasteiger partial charge in [-0.1, -0.05) is 18.2 Å². The van der Waals surface area contributed by atoms with E-state index < -0.39 is 39.2 Å². The molecule has 3 aliphatic rings. The molecule has 2 aromatic rings. The van der Waals surface area contributed by atoms with Crippen LogP contribution in [0.3, 0.4) is 0 Å². The lowest BCUT2D eigenvalue weighted by Gasteiger charge is -2.38. The van der Waals surface area contributed by atoms with Gasteiger partial charge >= 0.3 is 12.5 Å². The number of rotatable bonds is 7. The number of aryl methyl sites for hydroxylation is 1. The summed E-state index contributed by atoms with van der Waals surface area (Å²) in [6.07, 6.45) is -2.45. The number of aliphatic imine (C=N–C) groups is 1. The maximum atomic E-state index is 13.3. The number of nitrogens with zero attached hydrogens (tertiary/aromatic N) is 4. The van der Waals surface area contributed by atoms with E-state index in [0.29, 0.717) is 37.2 Å². The average Bonchev–Trinajstić information content (AvgIpc) is 3.34. The van der Waals surface area contributed by atoms with Crippen molar-refractivity contribution >= 4 is 45.5 Å². The van der Waals surface area contributed by atoms with Crippen LogP contribution in [0.5, 0.6) is 5.75 Å². The number of carbonyl (C=O) groups is 3. The normalized spacial score (nSPS) is 18.9. The van der Waals surface area contributed by atoms with Crippen LogP contribution in [-0.2, 0) is 24.3 Å². The number of sulfonamides is 1. The molecule has 0 bridgehead atoms. The zero-order valence-corrected chi connectivity index (χ0v) is 29.9. The number of piperidine rings is 2. The number of anilines is 1. The highest BCUT2D eigenvalue weighted by atomic mass is 32.2. The number of likely N-dealkylation sites (tertiary alicyclic amines) is 1. The van der Waals surface area contributed by atoms with Crippen LogP contribution in [-0.4, -0.2) is 91.1 Å². The Morgan fingerprint density at radius 3 is 2.29 bits per heavy atom. The van der Waals surface area contributed by atoms with E-state index in [9.17, 15) is 36.0 Å². The van der Waals surface area contributed by atoms with Crippen molar-refractivity contribution in [2.24, 2.45) is 4.99 Å². The van der Waals surface area contributed by atoms with Gasteiger partial charge in [-0.05, 0) is 94.8 Å². The second-order valence-electron chi connectivity index (χ2n) is 13.9. The average molecular weight is 734 g/mol. The third-order valence-corrected chi connectivity index (χ3v) is 10.6. The number of carbonyl (C=O) groups excluding carboxylic acids is 3. The summed E-state index contributed by atoms with van der Waals surface area (Å²) in [6, 6.07) is 10.3. The topological polar surface area (TPSA) is 138 Å². The fourth-order valence-corrected chi connectivity index (χ4v) is 7.65. The number of benzene rings is 2. The minimum atomic E-state index is -4.88. The lowest BCUT2D eigenvalue weighted by molar-refractivity contribution is -0.274. The van der Waals surface area contributed by atoms with Crippen molar-refractivity contribution < 1.29 is 45.4 Å². The van der Waals surface area contributed by atoms with Crippen LogP contribution in [0.4, 0.5) is 23.7 Å². The maximum Gasteiger partial charge on any atom is 0.573 e. The SMILES string of the molecule is CC(=O)N(c1ccc(/C=C/S(=O)(=O)N2CCC3(CC2)N=C(c2cccc(OC(F)(F)F)c2)NC3=O)c(C)c1)C1CCN(C(=O)OC(C)(C)C)CC1. The van der Waals surface area contributed by atoms with E-state index in [2.05, 4.69) is 15.0 Å². The zero-order valence-electron chi connectivity index (χ0n) is 29.1. The number of nitrogens with one attached hydrogen (secondary N) is 1. The Labute approximate surface area is 295 Å². The molecule has 1 spiro atoms. The molecule has 12 nitrogen and oxygen atoms in total. The number of amides is 3. The van der Waals surface area contributed by atoms with E-state index in [4.69, 9.17) is 4.74 Å². The fraction of sp³-hybridized carbons (Fsp3) is 0.486.